The lowest BCUT2D eigenvalue weighted by Crippen LogP contribution is -2.22. The van der Waals surface area contributed by atoms with Crippen LogP contribution in [0.3, 0.4) is 0 Å². The van der Waals surface area contributed by atoms with Crippen molar-refractivity contribution in [2.45, 2.75) is 4.90 Å². The van der Waals surface area contributed by atoms with Gasteiger partial charge in [0.05, 0.1) is 10.9 Å². The number of nitrogens with zero attached hydrogens (tertiary/aromatic N) is 2. The Bertz CT molecular complexity index is 1040. The minimum Gasteiger partial charge on any atom is -0.543 e. The van der Waals surface area contributed by atoms with Crippen LogP contribution in [0, 0.1) is 0 Å². The molecule has 3 rings (SSSR count). The number of carbonyl (C=O) groups excluding carboxylic acids is 1. The molecule has 0 aliphatic heterocycles. The van der Waals surface area contributed by atoms with Crippen LogP contribution in [0.25, 0.3) is 17.1 Å². The Labute approximate surface area is 148 Å². The van der Waals surface area contributed by atoms with Crippen molar-refractivity contribution in [2.75, 3.05) is 0 Å². The fourth-order valence-electron chi connectivity index (χ4n) is 2.27. The Morgan fingerprint density at radius 2 is 1.68 bits per heavy atom. The van der Waals surface area contributed by atoms with Gasteiger partial charge in [-0.15, -0.1) is 0 Å². The number of imidazole rings is 1. The van der Waals surface area contributed by atoms with Crippen molar-refractivity contribution in [3.8, 4) is 17.1 Å². The molecular formula is C16H11ClN3O4S-. The van der Waals surface area contributed by atoms with Crippen LogP contribution in [-0.2, 0) is 10.0 Å². The van der Waals surface area contributed by atoms with Crippen LogP contribution in [0.1, 0.15) is 10.5 Å². The number of nitrogens with two attached hydrogens (primary N) is 1. The average molecular weight is 377 g/mol. The molecule has 0 fully saturated rings. The molecule has 1 aromatic heterocycles. The van der Waals surface area contributed by atoms with Crippen LogP contribution in [0.5, 0.6) is 0 Å². The lowest BCUT2D eigenvalue weighted by Gasteiger charge is -2.08. The summed E-state index contributed by atoms with van der Waals surface area (Å²) in [6.45, 7) is 0. The number of carbonyl (C=O) groups is 1. The summed E-state index contributed by atoms with van der Waals surface area (Å²) < 4.78 is 24.2. The summed E-state index contributed by atoms with van der Waals surface area (Å²) in [7, 11) is -3.82. The molecule has 3 aromatic rings. The maximum Gasteiger partial charge on any atom is 0.238 e. The highest BCUT2D eigenvalue weighted by Gasteiger charge is 2.14. The Hall–Kier alpha value is -2.68. The van der Waals surface area contributed by atoms with Gasteiger partial charge in [0.15, 0.2) is 0 Å². The number of carboxylic acids is 1. The maximum absolute atomic E-state index is 11.4. The minimum atomic E-state index is -3.82. The second kappa shape index (κ2) is 6.32. The lowest BCUT2D eigenvalue weighted by molar-refractivity contribution is -0.255. The first-order chi connectivity index (χ1) is 11.8. The topological polar surface area (TPSA) is 118 Å². The van der Waals surface area contributed by atoms with Gasteiger partial charge >= 0.3 is 0 Å². The molecule has 2 aromatic carbocycles. The normalized spacial score (nSPS) is 11.4. The zero-order valence-electron chi connectivity index (χ0n) is 12.6. The maximum atomic E-state index is 11.4. The molecule has 2 N–H and O–H groups in total. The van der Waals surface area contributed by atoms with E-state index in [0.717, 1.165) is 0 Å². The van der Waals surface area contributed by atoms with Gasteiger partial charge in [-0.25, -0.2) is 18.5 Å². The Morgan fingerprint density at radius 3 is 2.20 bits per heavy atom. The van der Waals surface area contributed by atoms with E-state index in [1.807, 2.05) is 0 Å². The molecule has 0 atom stereocenters. The summed E-state index contributed by atoms with van der Waals surface area (Å²) in [6.07, 6.45) is 1.30. The molecule has 9 heteroatoms. The van der Waals surface area contributed by atoms with E-state index in [1.54, 1.807) is 24.3 Å². The fraction of sp³-hybridized carbons (Fsp3) is 0. The molecule has 128 valence electrons. The third-order valence-electron chi connectivity index (χ3n) is 3.46. The van der Waals surface area contributed by atoms with Crippen molar-refractivity contribution < 1.29 is 18.3 Å². The predicted octanol–water partition coefficient (Wildman–Crippen LogP) is 1.20. The standard InChI is InChI=1S/C16H12ClN3O4S/c17-11-3-1-10(2-4-11)15-19-14(16(21)22)9-20(15)12-5-7-13(8-6-12)25(18,23)24/h1-9H,(H,21,22)(H2,18,23,24)/p-1. The smallest absolute Gasteiger partial charge is 0.238 e. The summed E-state index contributed by atoms with van der Waals surface area (Å²) in [5, 5.41) is 16.8. The fourth-order valence-corrected chi connectivity index (χ4v) is 2.92. The minimum absolute atomic E-state index is 0.0514. The first-order valence-electron chi connectivity index (χ1n) is 6.95. The monoisotopic (exact) mass is 376 g/mol. The molecule has 25 heavy (non-hydrogen) atoms. The second-order valence-corrected chi connectivity index (χ2v) is 7.15. The van der Waals surface area contributed by atoms with Gasteiger partial charge in [-0.05, 0) is 48.5 Å². The van der Waals surface area contributed by atoms with Crippen LogP contribution in [0.2, 0.25) is 5.02 Å². The number of halogens is 1. The summed E-state index contributed by atoms with van der Waals surface area (Å²) in [5.74, 6) is -1.07. The van der Waals surface area contributed by atoms with Crippen LogP contribution >= 0.6 is 11.6 Å². The van der Waals surface area contributed by atoms with Crippen molar-refractivity contribution in [2.24, 2.45) is 5.14 Å². The molecule has 0 bridgehead atoms. The molecular weight excluding hydrogens is 366 g/mol. The number of sulfonamides is 1. The molecule has 0 spiro atoms. The first-order valence-corrected chi connectivity index (χ1v) is 8.88. The van der Waals surface area contributed by atoms with E-state index >= 15 is 0 Å². The molecule has 0 saturated carbocycles. The zero-order valence-corrected chi connectivity index (χ0v) is 14.2. The van der Waals surface area contributed by atoms with Crippen molar-refractivity contribution >= 4 is 27.6 Å². The number of aromatic carboxylic acids is 1. The Morgan fingerprint density at radius 1 is 1.08 bits per heavy atom. The molecule has 0 aliphatic carbocycles. The van der Waals surface area contributed by atoms with E-state index in [0.29, 0.717) is 22.1 Å². The molecule has 0 unspecified atom stereocenters. The molecule has 0 amide bonds. The SMILES string of the molecule is NS(=O)(=O)c1ccc(-n2cc(C(=O)[O-])nc2-c2ccc(Cl)cc2)cc1. The number of primary sulfonamides is 1. The van der Waals surface area contributed by atoms with Gasteiger partial charge in [0.25, 0.3) is 0 Å². The molecule has 0 aliphatic rings. The van der Waals surface area contributed by atoms with Crippen LogP contribution in [0.4, 0.5) is 0 Å². The third-order valence-corrected chi connectivity index (χ3v) is 4.64. The van der Waals surface area contributed by atoms with Crippen molar-refractivity contribution in [3.05, 3.63) is 65.4 Å². The van der Waals surface area contributed by atoms with Gasteiger partial charge in [0, 0.05) is 22.5 Å². The number of hydrogen-bond donors (Lipinski definition) is 1. The van der Waals surface area contributed by atoms with Crippen LogP contribution < -0.4 is 10.2 Å². The third kappa shape index (κ3) is 3.55. The molecule has 7 nitrogen and oxygen atoms in total. The molecule has 0 radical (unpaired) electrons. The average Bonchev–Trinajstić information content (AvgIpc) is 3.00. The van der Waals surface area contributed by atoms with E-state index in [1.165, 1.54) is 35.0 Å². The van der Waals surface area contributed by atoms with Gasteiger partial charge in [-0.3, -0.25) is 4.57 Å². The van der Waals surface area contributed by atoms with Gasteiger partial charge in [-0.2, -0.15) is 0 Å². The number of benzene rings is 2. The van der Waals surface area contributed by atoms with Gasteiger partial charge in [-0.1, -0.05) is 11.6 Å². The van der Waals surface area contributed by atoms with Gasteiger partial charge < -0.3 is 9.90 Å². The van der Waals surface area contributed by atoms with E-state index < -0.39 is 16.0 Å². The van der Waals surface area contributed by atoms with E-state index in [-0.39, 0.29) is 10.6 Å². The van der Waals surface area contributed by atoms with Crippen molar-refractivity contribution in [3.63, 3.8) is 0 Å². The molecule has 0 saturated heterocycles. The van der Waals surface area contributed by atoms with E-state index in [2.05, 4.69) is 4.98 Å². The lowest BCUT2D eigenvalue weighted by atomic mass is 10.2. The van der Waals surface area contributed by atoms with Crippen LogP contribution in [-0.4, -0.2) is 23.9 Å². The van der Waals surface area contributed by atoms with E-state index in [9.17, 15) is 18.3 Å². The van der Waals surface area contributed by atoms with Gasteiger partial charge in [0.1, 0.15) is 11.5 Å². The second-order valence-electron chi connectivity index (χ2n) is 5.15. The quantitative estimate of drug-likeness (QED) is 0.734. The van der Waals surface area contributed by atoms with Crippen LogP contribution in [0.15, 0.2) is 59.6 Å². The van der Waals surface area contributed by atoms with Crippen molar-refractivity contribution in [1.29, 1.82) is 0 Å². The number of carboxylic acid groups (broad SMARTS) is 1. The summed E-state index contributed by atoms with van der Waals surface area (Å²) in [4.78, 5) is 15.2. The van der Waals surface area contributed by atoms with Gasteiger partial charge in [0.2, 0.25) is 10.0 Å². The summed E-state index contributed by atoms with van der Waals surface area (Å²) in [5.41, 5.74) is 0.894. The Balaban J connectivity index is 2.14. The largest absolute Gasteiger partial charge is 0.543 e. The summed E-state index contributed by atoms with van der Waals surface area (Å²) in [6, 6.07) is 12.3. The first kappa shape index (κ1) is 17.2. The molecule has 1 heterocycles. The Kier molecular flexibility index (Phi) is 4.34. The highest BCUT2D eigenvalue weighted by molar-refractivity contribution is 7.89. The highest BCUT2D eigenvalue weighted by atomic mass is 35.5. The number of hydrogen-bond acceptors (Lipinski definition) is 5. The zero-order chi connectivity index (χ0) is 18.2. The highest BCUT2D eigenvalue weighted by Crippen LogP contribution is 2.25. The van der Waals surface area contributed by atoms with Crippen molar-refractivity contribution in [1.82, 2.24) is 9.55 Å². The predicted molar refractivity (Wildman–Crippen MR) is 89.7 cm³/mol. The summed E-state index contributed by atoms with van der Waals surface area (Å²) >= 11 is 5.87. The number of rotatable bonds is 4. The van der Waals surface area contributed by atoms with E-state index in [4.69, 9.17) is 16.7 Å². The number of aromatic nitrogens is 2.